The predicted molar refractivity (Wildman–Crippen MR) is 92.9 cm³/mol. The van der Waals surface area contributed by atoms with Crippen molar-refractivity contribution in [2.75, 3.05) is 5.32 Å². The fraction of sp³-hybridized carbons (Fsp3) is 0.0556. The number of aromatic amines is 1. The predicted octanol–water partition coefficient (Wildman–Crippen LogP) is 2.66. The molecule has 0 fully saturated rings. The number of rotatable bonds is 3. The van der Waals surface area contributed by atoms with E-state index in [9.17, 15) is 14.0 Å². The molecule has 0 spiro atoms. The second-order valence-electron chi connectivity index (χ2n) is 5.61. The number of H-pyrrole nitrogens is 1. The van der Waals surface area contributed by atoms with E-state index in [1.165, 1.54) is 22.8 Å². The SMILES string of the molecule is O=C(Cn1c(=O)[nH]c2cc(F)ccc21)Nc1cccc2cccnc12. The van der Waals surface area contributed by atoms with Gasteiger partial charge in [-0.2, -0.15) is 0 Å². The van der Waals surface area contributed by atoms with Gasteiger partial charge in [-0.05, 0) is 30.3 Å². The van der Waals surface area contributed by atoms with Crippen LogP contribution in [-0.4, -0.2) is 20.4 Å². The molecule has 0 bridgehead atoms. The van der Waals surface area contributed by atoms with Gasteiger partial charge in [0.15, 0.2) is 0 Å². The van der Waals surface area contributed by atoms with E-state index in [1.54, 1.807) is 12.3 Å². The molecule has 2 aromatic heterocycles. The number of para-hydroxylation sites is 1. The quantitative estimate of drug-likeness (QED) is 0.604. The van der Waals surface area contributed by atoms with Gasteiger partial charge in [0, 0.05) is 11.6 Å². The van der Waals surface area contributed by atoms with Crippen molar-refractivity contribution < 1.29 is 9.18 Å². The van der Waals surface area contributed by atoms with Crippen molar-refractivity contribution in [1.29, 1.82) is 0 Å². The number of carbonyl (C=O) groups is 1. The first kappa shape index (κ1) is 15.1. The van der Waals surface area contributed by atoms with Crippen molar-refractivity contribution in [1.82, 2.24) is 14.5 Å². The number of benzene rings is 2. The normalized spacial score (nSPS) is 11.1. The Morgan fingerprint density at radius 2 is 2.04 bits per heavy atom. The van der Waals surface area contributed by atoms with E-state index in [-0.39, 0.29) is 12.5 Å². The molecule has 4 aromatic rings. The number of hydrogen-bond donors (Lipinski definition) is 2. The minimum absolute atomic E-state index is 0.187. The molecule has 0 atom stereocenters. The summed E-state index contributed by atoms with van der Waals surface area (Å²) in [5.74, 6) is -0.822. The van der Waals surface area contributed by atoms with Crippen LogP contribution in [0, 0.1) is 5.82 Å². The van der Waals surface area contributed by atoms with E-state index in [2.05, 4.69) is 15.3 Å². The Morgan fingerprint density at radius 3 is 2.92 bits per heavy atom. The van der Waals surface area contributed by atoms with Gasteiger partial charge in [0.2, 0.25) is 5.91 Å². The molecule has 2 N–H and O–H groups in total. The van der Waals surface area contributed by atoms with Crippen LogP contribution in [0.4, 0.5) is 10.1 Å². The second kappa shape index (κ2) is 5.86. The standard InChI is InChI=1S/C18H13FN4O2/c19-12-6-7-15-14(9-12)22-18(25)23(15)10-16(24)21-13-5-1-3-11-4-2-8-20-17(11)13/h1-9H,10H2,(H,21,24)(H,22,25). The third-order valence-electron chi connectivity index (χ3n) is 3.94. The van der Waals surface area contributed by atoms with Gasteiger partial charge in [-0.15, -0.1) is 0 Å². The zero-order valence-electron chi connectivity index (χ0n) is 13.0. The molecular weight excluding hydrogens is 323 g/mol. The minimum Gasteiger partial charge on any atom is -0.323 e. The number of nitrogens with one attached hydrogen (secondary N) is 2. The smallest absolute Gasteiger partial charge is 0.323 e. The van der Waals surface area contributed by atoms with Crippen LogP contribution < -0.4 is 11.0 Å². The van der Waals surface area contributed by atoms with Crippen LogP contribution >= 0.6 is 0 Å². The number of anilines is 1. The van der Waals surface area contributed by atoms with E-state index < -0.39 is 11.5 Å². The zero-order chi connectivity index (χ0) is 17.4. The van der Waals surface area contributed by atoms with E-state index in [4.69, 9.17) is 0 Å². The number of nitrogens with zero attached hydrogens (tertiary/aromatic N) is 2. The molecule has 1 amide bonds. The lowest BCUT2D eigenvalue weighted by atomic mass is 10.2. The molecule has 0 aliphatic rings. The van der Waals surface area contributed by atoms with Crippen LogP contribution in [0.2, 0.25) is 0 Å². The van der Waals surface area contributed by atoms with Crippen molar-refractivity contribution in [2.45, 2.75) is 6.54 Å². The first-order valence-corrected chi connectivity index (χ1v) is 7.63. The highest BCUT2D eigenvalue weighted by molar-refractivity contribution is 6.00. The average Bonchev–Trinajstić information content (AvgIpc) is 2.90. The first-order valence-electron chi connectivity index (χ1n) is 7.63. The van der Waals surface area contributed by atoms with E-state index in [1.807, 2.05) is 24.3 Å². The number of fused-ring (bicyclic) bond motifs is 2. The van der Waals surface area contributed by atoms with Crippen LogP contribution in [0.3, 0.4) is 0 Å². The topological polar surface area (TPSA) is 79.8 Å². The van der Waals surface area contributed by atoms with E-state index in [0.717, 1.165) is 5.39 Å². The highest BCUT2D eigenvalue weighted by atomic mass is 19.1. The van der Waals surface area contributed by atoms with Gasteiger partial charge in [0.1, 0.15) is 12.4 Å². The van der Waals surface area contributed by atoms with Gasteiger partial charge in [-0.3, -0.25) is 14.3 Å². The summed E-state index contributed by atoms with van der Waals surface area (Å²) < 4.78 is 14.5. The largest absolute Gasteiger partial charge is 0.326 e. The summed E-state index contributed by atoms with van der Waals surface area (Å²) in [5.41, 5.74) is 1.60. The molecule has 2 heterocycles. The third kappa shape index (κ3) is 2.76. The summed E-state index contributed by atoms with van der Waals surface area (Å²) in [6, 6.07) is 13.1. The van der Waals surface area contributed by atoms with Crippen molar-refractivity contribution >= 4 is 33.5 Å². The minimum atomic E-state index is -0.466. The Morgan fingerprint density at radius 1 is 1.20 bits per heavy atom. The molecule has 0 unspecified atom stereocenters. The van der Waals surface area contributed by atoms with E-state index in [0.29, 0.717) is 22.2 Å². The lowest BCUT2D eigenvalue weighted by Gasteiger charge is -2.08. The van der Waals surface area contributed by atoms with Crippen LogP contribution in [0.25, 0.3) is 21.9 Å². The van der Waals surface area contributed by atoms with Gasteiger partial charge in [-0.25, -0.2) is 9.18 Å². The highest BCUT2D eigenvalue weighted by Gasteiger charge is 2.12. The van der Waals surface area contributed by atoms with Gasteiger partial charge in [0.25, 0.3) is 0 Å². The van der Waals surface area contributed by atoms with Crippen LogP contribution in [0.5, 0.6) is 0 Å². The molecule has 25 heavy (non-hydrogen) atoms. The lowest BCUT2D eigenvalue weighted by molar-refractivity contribution is -0.116. The van der Waals surface area contributed by atoms with Crippen molar-refractivity contribution in [3.8, 4) is 0 Å². The second-order valence-corrected chi connectivity index (χ2v) is 5.61. The van der Waals surface area contributed by atoms with Gasteiger partial charge < -0.3 is 10.3 Å². The number of carbonyl (C=O) groups excluding carboxylic acids is 1. The average molecular weight is 336 g/mol. The molecule has 4 rings (SSSR count). The zero-order valence-corrected chi connectivity index (χ0v) is 13.0. The first-order chi connectivity index (χ1) is 12.1. The Kier molecular flexibility index (Phi) is 3.53. The number of amides is 1. The third-order valence-corrected chi connectivity index (χ3v) is 3.94. The van der Waals surface area contributed by atoms with Crippen LogP contribution in [0.1, 0.15) is 0 Å². The highest BCUT2D eigenvalue weighted by Crippen LogP contribution is 2.20. The fourth-order valence-corrected chi connectivity index (χ4v) is 2.83. The number of hydrogen-bond acceptors (Lipinski definition) is 3. The number of halogens is 1. The molecular formula is C18H13FN4O2. The van der Waals surface area contributed by atoms with Crippen LogP contribution in [-0.2, 0) is 11.3 Å². The van der Waals surface area contributed by atoms with Crippen LogP contribution in [0.15, 0.2) is 59.5 Å². The monoisotopic (exact) mass is 336 g/mol. The van der Waals surface area contributed by atoms with E-state index >= 15 is 0 Å². The maximum Gasteiger partial charge on any atom is 0.326 e. The summed E-state index contributed by atoms with van der Waals surface area (Å²) in [6.45, 7) is -0.187. The number of imidazole rings is 1. The fourth-order valence-electron chi connectivity index (χ4n) is 2.83. The van der Waals surface area contributed by atoms with Crippen molar-refractivity contribution in [3.05, 3.63) is 71.0 Å². The summed E-state index contributed by atoms with van der Waals surface area (Å²) in [6.07, 6.45) is 1.65. The molecule has 0 saturated heterocycles. The Labute approximate surface area is 140 Å². The molecule has 124 valence electrons. The number of pyridine rings is 1. The molecule has 2 aromatic carbocycles. The summed E-state index contributed by atoms with van der Waals surface area (Å²) >= 11 is 0. The molecule has 0 aliphatic carbocycles. The Bertz CT molecular complexity index is 1160. The van der Waals surface area contributed by atoms with Gasteiger partial charge in [0.05, 0.1) is 22.2 Å². The van der Waals surface area contributed by atoms with Crippen molar-refractivity contribution in [2.24, 2.45) is 0 Å². The summed E-state index contributed by atoms with van der Waals surface area (Å²) in [5, 5.41) is 3.68. The summed E-state index contributed by atoms with van der Waals surface area (Å²) in [7, 11) is 0. The van der Waals surface area contributed by atoms with Gasteiger partial charge in [-0.1, -0.05) is 18.2 Å². The van der Waals surface area contributed by atoms with Gasteiger partial charge >= 0.3 is 5.69 Å². The maximum absolute atomic E-state index is 13.3. The molecule has 0 saturated carbocycles. The maximum atomic E-state index is 13.3. The van der Waals surface area contributed by atoms with Crippen molar-refractivity contribution in [3.63, 3.8) is 0 Å². The summed E-state index contributed by atoms with van der Waals surface area (Å²) in [4.78, 5) is 31.3. The molecule has 0 aliphatic heterocycles. The number of aromatic nitrogens is 3. The molecule has 6 nitrogen and oxygen atoms in total. The molecule has 7 heteroatoms. The molecule has 0 radical (unpaired) electrons. The lowest BCUT2D eigenvalue weighted by Crippen LogP contribution is -2.26. The Balaban J connectivity index is 1.65. The Hall–Kier alpha value is -3.48.